The average Bonchev–Trinajstić information content (AvgIpc) is 2.33. The van der Waals surface area contributed by atoms with Gasteiger partial charge in [-0.2, -0.15) is 13.2 Å². The Morgan fingerprint density at radius 1 is 1.15 bits per heavy atom. The maximum Gasteiger partial charge on any atom is 0.401 e. The van der Waals surface area contributed by atoms with Crippen LogP contribution in [0, 0.1) is 0 Å². The number of benzene rings is 1. The van der Waals surface area contributed by atoms with Gasteiger partial charge in [-0.05, 0) is 31.4 Å². The highest BCUT2D eigenvalue weighted by Gasteiger charge is 2.31. The molecular weight excluding hydrogens is 271 g/mol. The minimum atomic E-state index is -4.37. The second-order valence-electron chi connectivity index (χ2n) is 4.66. The summed E-state index contributed by atoms with van der Waals surface area (Å²) < 4.78 is 36.9. The molecule has 20 heavy (non-hydrogen) atoms. The number of hydrogen-bond acceptors (Lipinski definition) is 2. The number of nitrogens with zero attached hydrogens (tertiary/aromatic N) is 1. The minimum Gasteiger partial charge on any atom is -0.480 e. The van der Waals surface area contributed by atoms with Crippen molar-refractivity contribution >= 4 is 5.97 Å². The van der Waals surface area contributed by atoms with E-state index in [4.69, 9.17) is 5.11 Å². The summed E-state index contributed by atoms with van der Waals surface area (Å²) >= 11 is 0. The van der Waals surface area contributed by atoms with Gasteiger partial charge in [-0.3, -0.25) is 9.69 Å². The molecule has 1 rings (SSSR count). The topological polar surface area (TPSA) is 40.5 Å². The van der Waals surface area contributed by atoms with E-state index in [0.717, 1.165) is 23.3 Å². The van der Waals surface area contributed by atoms with Crippen molar-refractivity contribution < 1.29 is 23.1 Å². The van der Waals surface area contributed by atoms with Crippen LogP contribution in [0.2, 0.25) is 0 Å². The second kappa shape index (κ2) is 7.89. The third-order valence-electron chi connectivity index (χ3n) is 2.79. The van der Waals surface area contributed by atoms with Gasteiger partial charge in [0.2, 0.25) is 0 Å². The van der Waals surface area contributed by atoms with Crippen LogP contribution in [0.25, 0.3) is 0 Å². The zero-order valence-corrected chi connectivity index (χ0v) is 11.1. The van der Waals surface area contributed by atoms with Gasteiger partial charge in [-0.25, -0.2) is 0 Å². The van der Waals surface area contributed by atoms with E-state index in [2.05, 4.69) is 0 Å². The number of rotatable bonds is 8. The van der Waals surface area contributed by atoms with Gasteiger partial charge in [0, 0.05) is 0 Å². The molecule has 0 aromatic heterocycles. The number of carboxylic acids is 1. The molecule has 0 fully saturated rings. The largest absolute Gasteiger partial charge is 0.480 e. The molecule has 0 atom stereocenters. The quantitative estimate of drug-likeness (QED) is 0.748. The van der Waals surface area contributed by atoms with Crippen molar-refractivity contribution in [3.63, 3.8) is 0 Å². The summed E-state index contributed by atoms with van der Waals surface area (Å²) in [5, 5.41) is 8.61. The smallest absolute Gasteiger partial charge is 0.401 e. The lowest BCUT2D eigenvalue weighted by molar-refractivity contribution is -0.154. The highest BCUT2D eigenvalue weighted by Crippen LogP contribution is 2.17. The van der Waals surface area contributed by atoms with Crippen molar-refractivity contribution in [3.8, 4) is 0 Å². The SMILES string of the molecule is O=C(O)CN(CCCCc1ccccc1)CC(F)(F)F. The van der Waals surface area contributed by atoms with Gasteiger partial charge in [0.25, 0.3) is 0 Å². The number of carbonyl (C=O) groups is 1. The molecule has 0 radical (unpaired) electrons. The molecular formula is C14H18F3NO2. The number of unbranched alkanes of at least 4 members (excludes halogenated alkanes) is 1. The molecule has 0 saturated carbocycles. The first kappa shape index (κ1) is 16.5. The number of alkyl halides is 3. The standard InChI is InChI=1S/C14H18F3NO2/c15-14(16,17)11-18(10-13(19)20)9-5-4-8-12-6-2-1-3-7-12/h1-3,6-7H,4-5,8-11H2,(H,19,20). The predicted molar refractivity (Wildman–Crippen MR) is 69.5 cm³/mol. The van der Waals surface area contributed by atoms with E-state index in [9.17, 15) is 18.0 Å². The van der Waals surface area contributed by atoms with E-state index in [1.54, 1.807) is 0 Å². The Morgan fingerprint density at radius 3 is 2.35 bits per heavy atom. The molecule has 0 amide bonds. The van der Waals surface area contributed by atoms with Gasteiger partial charge in [-0.15, -0.1) is 0 Å². The van der Waals surface area contributed by atoms with Crippen molar-refractivity contribution in [1.29, 1.82) is 0 Å². The molecule has 6 heteroatoms. The molecule has 1 aromatic carbocycles. The van der Waals surface area contributed by atoms with Crippen LogP contribution in [0.15, 0.2) is 30.3 Å². The highest BCUT2D eigenvalue weighted by molar-refractivity contribution is 5.69. The lowest BCUT2D eigenvalue weighted by Gasteiger charge is -2.21. The molecule has 0 aliphatic rings. The first-order valence-corrected chi connectivity index (χ1v) is 6.41. The Bertz CT molecular complexity index is 407. The van der Waals surface area contributed by atoms with Crippen molar-refractivity contribution in [2.45, 2.75) is 25.4 Å². The first-order valence-electron chi connectivity index (χ1n) is 6.41. The Hall–Kier alpha value is -1.56. The summed E-state index contributed by atoms with van der Waals surface area (Å²) in [5.74, 6) is -1.24. The van der Waals surface area contributed by atoms with Crippen molar-refractivity contribution in [2.75, 3.05) is 19.6 Å². The lowest BCUT2D eigenvalue weighted by Crippen LogP contribution is -2.38. The van der Waals surface area contributed by atoms with Crippen LogP contribution in [0.5, 0.6) is 0 Å². The summed E-state index contributed by atoms with van der Waals surface area (Å²) in [4.78, 5) is 11.5. The zero-order chi connectivity index (χ0) is 15.0. The van der Waals surface area contributed by atoms with Gasteiger partial charge in [0.15, 0.2) is 0 Å². The van der Waals surface area contributed by atoms with Crippen LogP contribution < -0.4 is 0 Å². The molecule has 0 bridgehead atoms. The van der Waals surface area contributed by atoms with E-state index >= 15 is 0 Å². The Kier molecular flexibility index (Phi) is 6.51. The Morgan fingerprint density at radius 2 is 1.80 bits per heavy atom. The van der Waals surface area contributed by atoms with Crippen LogP contribution in [-0.2, 0) is 11.2 Å². The summed E-state index contributed by atoms with van der Waals surface area (Å²) in [6.07, 6.45) is -2.31. The second-order valence-corrected chi connectivity index (χ2v) is 4.66. The molecule has 0 saturated heterocycles. The van der Waals surface area contributed by atoms with E-state index in [0.29, 0.717) is 6.42 Å². The van der Waals surface area contributed by atoms with Crippen molar-refractivity contribution in [1.82, 2.24) is 4.90 Å². The Labute approximate surface area is 116 Å². The van der Waals surface area contributed by atoms with Crippen LogP contribution in [-0.4, -0.2) is 41.8 Å². The fraction of sp³-hybridized carbons (Fsp3) is 0.500. The van der Waals surface area contributed by atoms with Crippen LogP contribution in [0.3, 0.4) is 0 Å². The van der Waals surface area contributed by atoms with Crippen LogP contribution in [0.1, 0.15) is 18.4 Å². The summed E-state index contributed by atoms with van der Waals surface area (Å²) in [5.41, 5.74) is 1.13. The normalized spacial score (nSPS) is 11.8. The number of carboxylic acid groups (broad SMARTS) is 1. The van der Waals surface area contributed by atoms with Gasteiger partial charge in [0.05, 0.1) is 13.1 Å². The molecule has 0 spiro atoms. The van der Waals surface area contributed by atoms with Crippen LogP contribution >= 0.6 is 0 Å². The predicted octanol–water partition coefficient (Wildman–Crippen LogP) is 2.96. The molecule has 112 valence electrons. The zero-order valence-electron chi connectivity index (χ0n) is 11.1. The average molecular weight is 289 g/mol. The van der Waals surface area contributed by atoms with Gasteiger partial charge < -0.3 is 5.11 Å². The van der Waals surface area contributed by atoms with E-state index in [1.165, 1.54) is 0 Å². The van der Waals surface area contributed by atoms with Gasteiger partial charge in [0.1, 0.15) is 0 Å². The Balaban J connectivity index is 2.32. The third kappa shape index (κ3) is 7.78. The highest BCUT2D eigenvalue weighted by atomic mass is 19.4. The van der Waals surface area contributed by atoms with Gasteiger partial charge >= 0.3 is 12.1 Å². The fourth-order valence-electron chi connectivity index (χ4n) is 1.97. The fourth-order valence-corrected chi connectivity index (χ4v) is 1.97. The monoisotopic (exact) mass is 289 g/mol. The van der Waals surface area contributed by atoms with E-state index in [-0.39, 0.29) is 6.54 Å². The van der Waals surface area contributed by atoms with Crippen molar-refractivity contribution in [3.05, 3.63) is 35.9 Å². The first-order chi connectivity index (χ1) is 9.37. The van der Waals surface area contributed by atoms with Gasteiger partial charge in [-0.1, -0.05) is 30.3 Å². The number of halogens is 3. The summed E-state index contributed by atoms with van der Waals surface area (Å²) in [6.45, 7) is -1.62. The van der Waals surface area contributed by atoms with Crippen molar-refractivity contribution in [2.24, 2.45) is 0 Å². The third-order valence-corrected chi connectivity index (χ3v) is 2.79. The molecule has 0 heterocycles. The minimum absolute atomic E-state index is 0.138. The number of aliphatic carboxylic acids is 1. The van der Waals surface area contributed by atoms with E-state index < -0.39 is 25.2 Å². The molecule has 3 nitrogen and oxygen atoms in total. The maximum atomic E-state index is 12.3. The van der Waals surface area contributed by atoms with E-state index in [1.807, 2.05) is 30.3 Å². The summed E-state index contributed by atoms with van der Waals surface area (Å²) in [6, 6.07) is 9.66. The number of hydrogen-bond donors (Lipinski definition) is 1. The lowest BCUT2D eigenvalue weighted by atomic mass is 10.1. The molecule has 0 aliphatic heterocycles. The molecule has 1 aromatic rings. The maximum absolute atomic E-state index is 12.3. The number of aryl methyl sites for hydroxylation is 1. The molecule has 1 N–H and O–H groups in total. The molecule has 0 aliphatic carbocycles. The molecule has 0 unspecified atom stereocenters. The summed E-state index contributed by atoms with van der Waals surface area (Å²) in [7, 11) is 0. The van der Waals surface area contributed by atoms with Crippen LogP contribution in [0.4, 0.5) is 13.2 Å².